The van der Waals surface area contributed by atoms with Crippen LogP contribution in [-0.2, 0) is 20.8 Å². The molecule has 3 amide bonds. The van der Waals surface area contributed by atoms with Gasteiger partial charge in [0, 0.05) is 13.5 Å². The fourth-order valence-corrected chi connectivity index (χ4v) is 4.27. The number of para-hydroxylation sites is 1. The average molecular weight is 541 g/mol. The molecule has 2 aromatic carbocycles. The van der Waals surface area contributed by atoms with Gasteiger partial charge in [0.2, 0.25) is 17.7 Å². The zero-order valence-electron chi connectivity index (χ0n) is 23.2. The standard InChI is InChI=1S/C29H40N4O6/c1-6-18(4)24(27(36)32-25-20(29(38)39)13-10-14-23(25)34)31-26(35)22(16-19-11-8-7-9-12-19)33(5)28(37)21(30)15-17(2)3/h7-14,17-18,21-22,24,34H,6,15-16,30H2,1-5H3,(H,31,35)(H,32,36)(H,38,39)/t18-,21+,22-,24+/m1/s1. The number of carbonyl (C=O) groups excluding carboxylic acids is 3. The van der Waals surface area contributed by atoms with Crippen molar-refractivity contribution in [3.05, 3.63) is 59.7 Å². The van der Waals surface area contributed by atoms with Crippen LogP contribution in [0.3, 0.4) is 0 Å². The topological polar surface area (TPSA) is 162 Å². The largest absolute Gasteiger partial charge is 0.506 e. The Bertz CT molecular complexity index is 1150. The first-order valence-electron chi connectivity index (χ1n) is 13.1. The Hall–Kier alpha value is -3.92. The number of aromatic carboxylic acids is 1. The summed E-state index contributed by atoms with van der Waals surface area (Å²) in [5.74, 6) is -3.54. The van der Waals surface area contributed by atoms with Crippen molar-refractivity contribution in [3.8, 4) is 5.75 Å². The number of likely N-dealkylation sites (N-methyl/N-ethyl adjacent to an activating group) is 1. The SMILES string of the molecule is CC[C@@H](C)[C@H](NC(=O)[C@@H](Cc1ccccc1)N(C)C(=O)[C@@H](N)CC(C)C)C(=O)Nc1c(O)cccc1C(=O)O. The number of hydrogen-bond donors (Lipinski definition) is 5. The molecule has 0 aliphatic carbocycles. The summed E-state index contributed by atoms with van der Waals surface area (Å²) >= 11 is 0. The molecular weight excluding hydrogens is 500 g/mol. The molecule has 10 heteroatoms. The summed E-state index contributed by atoms with van der Waals surface area (Å²) in [6.45, 7) is 7.53. The van der Waals surface area contributed by atoms with Crippen LogP contribution in [0.25, 0.3) is 0 Å². The van der Waals surface area contributed by atoms with Crippen LogP contribution >= 0.6 is 0 Å². The first-order valence-corrected chi connectivity index (χ1v) is 13.1. The number of carbonyl (C=O) groups is 4. The molecule has 4 atom stereocenters. The van der Waals surface area contributed by atoms with Gasteiger partial charge >= 0.3 is 5.97 Å². The van der Waals surface area contributed by atoms with Crippen LogP contribution in [0.15, 0.2) is 48.5 Å². The molecule has 0 aromatic heterocycles. The third-order valence-electron chi connectivity index (χ3n) is 6.75. The van der Waals surface area contributed by atoms with E-state index < -0.39 is 41.7 Å². The Morgan fingerprint density at radius 2 is 1.62 bits per heavy atom. The molecule has 0 spiro atoms. The van der Waals surface area contributed by atoms with Crippen molar-refractivity contribution < 1.29 is 29.4 Å². The van der Waals surface area contributed by atoms with Gasteiger partial charge in [-0.2, -0.15) is 0 Å². The van der Waals surface area contributed by atoms with Crippen LogP contribution in [0.5, 0.6) is 5.75 Å². The summed E-state index contributed by atoms with van der Waals surface area (Å²) in [5.41, 5.74) is 6.42. The smallest absolute Gasteiger partial charge is 0.337 e. The van der Waals surface area contributed by atoms with Crippen LogP contribution < -0.4 is 16.4 Å². The van der Waals surface area contributed by atoms with E-state index in [-0.39, 0.29) is 35.4 Å². The van der Waals surface area contributed by atoms with Gasteiger partial charge < -0.3 is 31.5 Å². The van der Waals surface area contributed by atoms with Crippen molar-refractivity contribution in [1.82, 2.24) is 10.2 Å². The summed E-state index contributed by atoms with van der Waals surface area (Å²) in [6.07, 6.45) is 1.16. The molecule has 0 saturated carbocycles. The third kappa shape index (κ3) is 8.54. The van der Waals surface area contributed by atoms with Crippen LogP contribution in [0.4, 0.5) is 5.69 Å². The van der Waals surface area contributed by atoms with E-state index in [9.17, 15) is 29.4 Å². The number of phenolic OH excluding ortho intramolecular Hbond substituents is 1. The second-order valence-corrected chi connectivity index (χ2v) is 10.3. The number of amides is 3. The molecule has 0 fully saturated rings. The highest BCUT2D eigenvalue weighted by atomic mass is 16.4. The number of benzene rings is 2. The van der Waals surface area contributed by atoms with Gasteiger partial charge in [0.15, 0.2) is 0 Å². The van der Waals surface area contributed by atoms with Crippen molar-refractivity contribution in [2.75, 3.05) is 12.4 Å². The summed E-state index contributed by atoms with van der Waals surface area (Å²) in [5, 5.41) is 25.0. The summed E-state index contributed by atoms with van der Waals surface area (Å²) in [4.78, 5) is 53.2. The van der Waals surface area contributed by atoms with Crippen LogP contribution in [0.2, 0.25) is 0 Å². The van der Waals surface area contributed by atoms with E-state index in [1.165, 1.54) is 30.1 Å². The van der Waals surface area contributed by atoms with Crippen molar-refractivity contribution in [3.63, 3.8) is 0 Å². The molecular formula is C29H40N4O6. The van der Waals surface area contributed by atoms with Crippen molar-refractivity contribution in [2.24, 2.45) is 17.6 Å². The Labute approximate surface area is 229 Å². The highest BCUT2D eigenvalue weighted by Gasteiger charge is 2.34. The lowest BCUT2D eigenvalue weighted by Crippen LogP contribution is -2.57. The third-order valence-corrected chi connectivity index (χ3v) is 6.75. The van der Waals surface area contributed by atoms with E-state index in [0.29, 0.717) is 12.8 Å². The van der Waals surface area contributed by atoms with Gasteiger partial charge in [0.1, 0.15) is 17.8 Å². The minimum Gasteiger partial charge on any atom is -0.506 e. The number of nitrogens with zero attached hydrogens (tertiary/aromatic N) is 1. The molecule has 0 aliphatic heterocycles. The molecule has 39 heavy (non-hydrogen) atoms. The molecule has 10 nitrogen and oxygen atoms in total. The molecule has 2 rings (SSSR count). The molecule has 0 heterocycles. The van der Waals surface area contributed by atoms with Gasteiger partial charge in [-0.3, -0.25) is 14.4 Å². The number of rotatable bonds is 13. The van der Waals surface area contributed by atoms with Gasteiger partial charge in [0.05, 0.1) is 17.3 Å². The van der Waals surface area contributed by atoms with Gasteiger partial charge in [0.25, 0.3) is 0 Å². The van der Waals surface area contributed by atoms with Crippen molar-refractivity contribution in [1.29, 1.82) is 0 Å². The lowest BCUT2D eigenvalue weighted by atomic mass is 9.96. The molecule has 2 aromatic rings. The maximum Gasteiger partial charge on any atom is 0.337 e. The second-order valence-electron chi connectivity index (χ2n) is 10.3. The lowest BCUT2D eigenvalue weighted by Gasteiger charge is -2.32. The summed E-state index contributed by atoms with van der Waals surface area (Å²) in [7, 11) is 1.52. The van der Waals surface area contributed by atoms with Crippen LogP contribution in [-0.4, -0.2) is 64.0 Å². The summed E-state index contributed by atoms with van der Waals surface area (Å²) < 4.78 is 0. The Morgan fingerprint density at radius 3 is 2.18 bits per heavy atom. The Morgan fingerprint density at radius 1 is 0.974 bits per heavy atom. The van der Waals surface area contributed by atoms with E-state index in [1.807, 2.05) is 51.1 Å². The number of carboxylic acids is 1. The Kier molecular flexibility index (Phi) is 11.5. The number of carboxylic acid groups (broad SMARTS) is 1. The van der Waals surface area contributed by atoms with E-state index in [4.69, 9.17) is 5.73 Å². The predicted octanol–water partition coefficient (Wildman–Crippen LogP) is 3.00. The number of phenols is 1. The highest BCUT2D eigenvalue weighted by molar-refractivity contribution is 6.05. The first-order chi connectivity index (χ1) is 18.4. The predicted molar refractivity (Wildman–Crippen MR) is 149 cm³/mol. The maximum absolute atomic E-state index is 13.7. The molecule has 0 radical (unpaired) electrons. The fraction of sp³-hybridized carbons (Fsp3) is 0.448. The van der Waals surface area contributed by atoms with Crippen LogP contribution in [0.1, 0.15) is 56.5 Å². The van der Waals surface area contributed by atoms with E-state index in [2.05, 4.69) is 10.6 Å². The number of hydrogen-bond acceptors (Lipinski definition) is 6. The number of nitrogens with two attached hydrogens (primary N) is 1. The maximum atomic E-state index is 13.7. The monoisotopic (exact) mass is 540 g/mol. The zero-order chi connectivity index (χ0) is 29.3. The average Bonchev–Trinajstić information content (AvgIpc) is 2.89. The lowest BCUT2D eigenvalue weighted by molar-refractivity contribution is -0.141. The molecule has 0 aliphatic rings. The number of anilines is 1. The Balaban J connectivity index is 2.37. The fourth-order valence-electron chi connectivity index (χ4n) is 4.27. The zero-order valence-corrected chi connectivity index (χ0v) is 23.2. The van der Waals surface area contributed by atoms with Crippen molar-refractivity contribution in [2.45, 2.75) is 65.1 Å². The molecule has 6 N–H and O–H groups in total. The van der Waals surface area contributed by atoms with Gasteiger partial charge in [-0.15, -0.1) is 0 Å². The van der Waals surface area contributed by atoms with Crippen molar-refractivity contribution >= 4 is 29.4 Å². The minimum absolute atomic E-state index is 0.183. The quantitative estimate of drug-likeness (QED) is 0.244. The molecule has 0 unspecified atom stereocenters. The summed E-state index contributed by atoms with van der Waals surface area (Å²) in [6, 6.07) is 10.2. The van der Waals surface area contributed by atoms with Gasteiger partial charge in [-0.05, 0) is 36.0 Å². The number of nitrogens with one attached hydrogen (secondary N) is 2. The van der Waals surface area contributed by atoms with Gasteiger partial charge in [-0.1, -0.05) is 70.5 Å². The number of aromatic hydroxyl groups is 1. The van der Waals surface area contributed by atoms with Gasteiger partial charge in [-0.25, -0.2) is 4.79 Å². The van der Waals surface area contributed by atoms with Crippen LogP contribution in [0, 0.1) is 11.8 Å². The first kappa shape index (κ1) is 31.3. The molecule has 0 bridgehead atoms. The normalized spacial score (nSPS) is 14.1. The minimum atomic E-state index is -1.33. The van der Waals surface area contributed by atoms with E-state index in [1.54, 1.807) is 6.92 Å². The van der Waals surface area contributed by atoms with E-state index in [0.717, 1.165) is 5.56 Å². The van der Waals surface area contributed by atoms with E-state index >= 15 is 0 Å². The highest BCUT2D eigenvalue weighted by Crippen LogP contribution is 2.28. The molecule has 212 valence electrons. The second kappa shape index (κ2) is 14.3. The molecule has 0 saturated heterocycles.